The number of nitrogens with two attached hydrogens (primary N) is 2. The highest BCUT2D eigenvalue weighted by Gasteiger charge is 2.33. The minimum Gasteiger partial charge on any atom is -0.481 e. The van der Waals surface area contributed by atoms with Crippen LogP contribution in [0.4, 0.5) is 0 Å². The van der Waals surface area contributed by atoms with Crippen molar-refractivity contribution in [1.82, 2.24) is 5.32 Å². The average molecular weight is 966 g/mol. The number of unbranched alkanes of at least 4 members (excludes halogenated alkanes) is 3. The van der Waals surface area contributed by atoms with Gasteiger partial charge in [0.1, 0.15) is 36.5 Å². The Hall–Kier alpha value is -1.46. The first-order valence-corrected chi connectivity index (χ1v) is 25.7. The van der Waals surface area contributed by atoms with Crippen molar-refractivity contribution in [3.63, 3.8) is 0 Å². The summed E-state index contributed by atoms with van der Waals surface area (Å²) in [6.45, 7) is 3.92. The van der Waals surface area contributed by atoms with E-state index in [1.165, 1.54) is 23.5 Å². The first-order chi connectivity index (χ1) is 29.3. The van der Waals surface area contributed by atoms with Crippen molar-refractivity contribution in [2.75, 3.05) is 48.7 Å². The molecule has 0 spiro atoms. The third-order valence-corrected chi connectivity index (χ3v) is 15.7. The third kappa shape index (κ3) is 30.6. The van der Waals surface area contributed by atoms with Crippen LogP contribution < -0.4 is 16.8 Å². The van der Waals surface area contributed by atoms with E-state index in [4.69, 9.17) is 24.4 Å². The molecular weight excluding hydrogens is 893 g/mol. The van der Waals surface area contributed by atoms with Gasteiger partial charge in [-0.2, -0.15) is 0 Å². The van der Waals surface area contributed by atoms with E-state index in [2.05, 4.69) is 14.8 Å². The van der Waals surface area contributed by atoms with Gasteiger partial charge in [-0.25, -0.2) is 0 Å². The number of carbonyl (C=O) groups excluding carboxylic acids is 6. The van der Waals surface area contributed by atoms with Gasteiger partial charge in [0, 0.05) is 39.8 Å². The van der Waals surface area contributed by atoms with Crippen LogP contribution in [0.15, 0.2) is 0 Å². The number of aliphatic carboxylic acids is 2. The molecule has 0 aromatic rings. The first-order valence-electron chi connectivity index (χ1n) is 21.4. The smallest absolute Gasteiger partial charge is 0.325 e. The van der Waals surface area contributed by atoms with Crippen molar-refractivity contribution < 1.29 is 60.8 Å². The Morgan fingerprint density at radius 3 is 1.68 bits per heavy atom. The van der Waals surface area contributed by atoms with Gasteiger partial charge in [0.15, 0.2) is 0 Å². The van der Waals surface area contributed by atoms with E-state index in [1.807, 2.05) is 25.4 Å². The number of nitrogens with one attached hydrogen (secondary N) is 1. The van der Waals surface area contributed by atoms with Crippen LogP contribution in [-0.4, -0.2) is 133 Å². The number of ether oxygens (including phenoxy) is 2. The highest BCUT2D eigenvalue weighted by molar-refractivity contribution is 8.05. The topological polar surface area (TPSA) is 260 Å². The number of ketones is 3. The van der Waals surface area contributed by atoms with Crippen LogP contribution in [-0.2, 0) is 47.8 Å². The molecule has 15 nitrogen and oxygen atoms in total. The summed E-state index contributed by atoms with van der Waals surface area (Å²) in [6, 6.07) is -0.530. The number of carbonyl (C=O) groups is 8. The molecule has 0 aromatic heterocycles. The Balaban J connectivity index is 0.00000100. The van der Waals surface area contributed by atoms with Crippen LogP contribution in [0.3, 0.4) is 0 Å². The molecule has 1 amide bonds. The summed E-state index contributed by atoms with van der Waals surface area (Å²) in [7, 11) is 4.07. The normalized spacial score (nSPS) is 20.2. The lowest BCUT2D eigenvalue weighted by atomic mass is 9.97. The second kappa shape index (κ2) is 37.0. The number of carboxylic acid groups (broad SMARTS) is 2. The molecule has 2 aliphatic carbocycles. The van der Waals surface area contributed by atoms with Crippen LogP contribution in [0.2, 0.25) is 0 Å². The van der Waals surface area contributed by atoms with Gasteiger partial charge >= 0.3 is 23.9 Å². The van der Waals surface area contributed by atoms with Crippen molar-refractivity contribution in [3.8, 4) is 0 Å². The van der Waals surface area contributed by atoms with E-state index in [1.54, 1.807) is 30.4 Å². The van der Waals surface area contributed by atoms with Crippen molar-refractivity contribution >= 4 is 113 Å². The fourth-order valence-corrected chi connectivity index (χ4v) is 11.1. The predicted octanol–water partition coefficient (Wildman–Crippen LogP) is 4.93. The number of Topliss-reactive ketones (excluding diaryl/α,β-unsaturated/α-hetero) is 3. The number of esters is 2. The van der Waals surface area contributed by atoms with Gasteiger partial charge in [-0.15, -0.1) is 47.0 Å². The van der Waals surface area contributed by atoms with Crippen LogP contribution >= 0.6 is 65.5 Å². The molecule has 0 saturated heterocycles. The summed E-state index contributed by atoms with van der Waals surface area (Å²) in [5, 5.41) is 21.2. The number of thioether (sulfide) groups is 4. The molecule has 2 aliphatic rings. The van der Waals surface area contributed by atoms with Crippen molar-refractivity contribution in [2.45, 2.75) is 137 Å². The fourth-order valence-electron chi connectivity index (χ4n) is 5.54. The fraction of sp³-hybridized carbons (Fsp3) is 0.795. The zero-order valence-corrected chi connectivity index (χ0v) is 40.5. The van der Waals surface area contributed by atoms with Gasteiger partial charge < -0.3 is 36.5 Å². The average Bonchev–Trinajstić information content (AvgIpc) is 3.16. The van der Waals surface area contributed by atoms with Gasteiger partial charge in [0.2, 0.25) is 5.91 Å². The summed E-state index contributed by atoms with van der Waals surface area (Å²) < 4.78 is 23.3. The summed E-state index contributed by atoms with van der Waals surface area (Å²) in [5.74, 6) is -1.42. The summed E-state index contributed by atoms with van der Waals surface area (Å²) >= 11 is 6.29. The highest BCUT2D eigenvalue weighted by Crippen LogP contribution is 2.41. The van der Waals surface area contributed by atoms with E-state index in [0.29, 0.717) is 58.3 Å². The molecule has 60 heavy (non-hydrogen) atoms. The molecule has 346 valence electrons. The monoisotopic (exact) mass is 965 g/mol. The second-order valence-corrected chi connectivity index (χ2v) is 19.6. The standard InChI is InChI=1S/C21H36NO5PS2.C10H21N2O3P.C8H12O4S2/c1-3-16(21(26)22-11-20(25)27-14-28)7-5-4-6-8-17(24)13-30-19-10-9-18(19)29-12-15(2)23;11-6-2-1-3-8(12)9(13)4-5-10(14)15-7-16;9-7(10)3-13-5-1-2-6(5)14-4-8(11)12/h16,18-19H,3-14,28H2,1-2H3,(H,22,26);8H,1-7,11-12,16H2;5-6H,1-4H2,(H,9,10)(H,11,12)/t16-,18?,19?;;/m0../s1/i14T;7T;/t14?,16-,18?,19?;;. The van der Waals surface area contributed by atoms with Gasteiger partial charge in [-0.3, -0.25) is 38.4 Å². The van der Waals surface area contributed by atoms with E-state index in [-0.39, 0.29) is 60.1 Å². The minimum absolute atomic E-state index is 0.0206. The quantitative estimate of drug-likeness (QED) is 0.0340. The molecule has 0 radical (unpaired) electrons. The number of carboxylic acids is 2. The van der Waals surface area contributed by atoms with Crippen LogP contribution in [0.25, 0.3) is 0 Å². The molecule has 10 atom stereocenters. The molecule has 0 heterocycles. The maximum atomic E-state index is 12.2. The zero-order chi connectivity index (χ0) is 47.0. The minimum atomic E-state index is -1.02. The molecule has 21 heteroatoms. The molecule has 2 saturated carbocycles. The van der Waals surface area contributed by atoms with Gasteiger partial charge in [0.25, 0.3) is 0 Å². The SMILES string of the molecule is O=C(O)CSC1CCC1SCC(=O)O.[3H]C(P)OC(=O)CCC(=O)C(N)CCCCN.[3H]C(P)OC(=O)CNC(=O)[C@@H](CC)CCCCCC(=O)CSC1CCC1SCC(C)=O. The Morgan fingerprint density at radius 2 is 1.22 bits per heavy atom. The van der Waals surface area contributed by atoms with Gasteiger partial charge in [0.05, 0.1) is 38.2 Å². The number of hydrogen-bond donors (Lipinski definition) is 5. The second-order valence-electron chi connectivity index (χ2n) is 14.1. The Labute approximate surface area is 380 Å². The number of rotatable bonds is 32. The summed E-state index contributed by atoms with van der Waals surface area (Å²) in [5.41, 5.74) is 11.0. The lowest BCUT2D eigenvalue weighted by Crippen LogP contribution is -2.35. The van der Waals surface area contributed by atoms with E-state index in [0.717, 1.165) is 64.2 Å². The van der Waals surface area contributed by atoms with E-state index >= 15 is 0 Å². The van der Waals surface area contributed by atoms with E-state index in [9.17, 15) is 38.4 Å². The first kappa shape index (κ1) is 54.7. The van der Waals surface area contributed by atoms with E-state index < -0.39 is 42.6 Å². The van der Waals surface area contributed by atoms with Crippen LogP contribution in [0, 0.1) is 5.92 Å². The Kier molecular flexibility index (Phi) is 33.7. The summed E-state index contributed by atoms with van der Waals surface area (Å²) in [4.78, 5) is 90.0. The number of hydrogen-bond acceptors (Lipinski definition) is 16. The maximum absolute atomic E-state index is 12.2. The molecule has 0 aromatic carbocycles. The largest absolute Gasteiger partial charge is 0.481 e. The third-order valence-electron chi connectivity index (χ3n) is 9.24. The molecule has 0 aliphatic heterocycles. The Morgan fingerprint density at radius 1 is 0.717 bits per heavy atom. The molecule has 0 bridgehead atoms. The molecule has 2 fully saturated rings. The van der Waals surface area contributed by atoms with Crippen molar-refractivity contribution in [1.29, 1.82) is 0 Å². The van der Waals surface area contributed by atoms with Crippen LogP contribution in [0.1, 0.15) is 113 Å². The zero-order valence-electron chi connectivity index (χ0n) is 36.9. The summed E-state index contributed by atoms with van der Waals surface area (Å²) in [6.07, 6.45) is 9.17. The van der Waals surface area contributed by atoms with Crippen molar-refractivity contribution in [3.05, 3.63) is 0 Å². The number of amides is 1. The molecule has 7 N–H and O–H groups in total. The lowest BCUT2D eigenvalue weighted by molar-refractivity contribution is -0.143. The van der Waals surface area contributed by atoms with Gasteiger partial charge in [-0.1, -0.05) is 44.7 Å². The lowest BCUT2D eigenvalue weighted by Gasteiger charge is -2.35. The Bertz CT molecular complexity index is 1370. The molecule has 9 unspecified atom stereocenters. The maximum Gasteiger partial charge on any atom is 0.325 e. The van der Waals surface area contributed by atoms with Gasteiger partial charge in [-0.05, 0) is 71.3 Å². The molecular formula is C39H69N3O12P2S4. The van der Waals surface area contributed by atoms with Crippen LogP contribution in [0.5, 0.6) is 0 Å². The predicted molar refractivity (Wildman–Crippen MR) is 251 cm³/mol. The van der Waals surface area contributed by atoms with Crippen molar-refractivity contribution in [2.24, 2.45) is 17.4 Å². The highest BCUT2D eigenvalue weighted by atomic mass is 32.2. The molecule has 2 rings (SSSR count).